The summed E-state index contributed by atoms with van der Waals surface area (Å²) in [4.78, 5) is 9.19. The smallest absolute Gasteiger partial charge is 0.159 e. The molecule has 0 saturated carbocycles. The van der Waals surface area contributed by atoms with Crippen molar-refractivity contribution in [2.24, 2.45) is 5.73 Å². The first-order valence-electron chi connectivity index (χ1n) is 7.04. The number of nitrogens with zero attached hydrogens (tertiary/aromatic N) is 2. The first-order valence-corrected chi connectivity index (χ1v) is 7.04. The molecule has 1 heterocycles. The summed E-state index contributed by atoms with van der Waals surface area (Å²) in [5.41, 5.74) is 9.57. The molecule has 3 nitrogen and oxygen atoms in total. The molecule has 0 saturated heterocycles. The normalized spacial score (nSPS) is 10.8. The lowest BCUT2D eigenvalue weighted by atomic mass is 10.0. The molecule has 1 aromatic heterocycles. The fourth-order valence-electron chi connectivity index (χ4n) is 2.36. The molecule has 0 atom stereocenters. The van der Waals surface area contributed by atoms with Gasteiger partial charge in [0.2, 0.25) is 0 Å². The van der Waals surface area contributed by atoms with E-state index in [2.05, 4.69) is 23.8 Å². The molecule has 106 valence electrons. The molecule has 2 N–H and O–H groups in total. The van der Waals surface area contributed by atoms with Crippen molar-refractivity contribution in [3.05, 3.63) is 47.0 Å². The zero-order chi connectivity index (χ0) is 14.5. The van der Waals surface area contributed by atoms with Crippen LogP contribution in [-0.2, 0) is 19.3 Å². The Morgan fingerprint density at radius 2 is 1.75 bits per heavy atom. The van der Waals surface area contributed by atoms with Gasteiger partial charge in [-0.15, -0.1) is 0 Å². The Balaban J connectivity index is 2.55. The molecule has 1 aromatic carbocycles. The maximum Gasteiger partial charge on any atom is 0.159 e. The van der Waals surface area contributed by atoms with E-state index in [1.165, 1.54) is 12.1 Å². The Morgan fingerprint density at radius 3 is 2.25 bits per heavy atom. The third-order valence-electron chi connectivity index (χ3n) is 3.33. The molecular weight excluding hydrogens is 253 g/mol. The first kappa shape index (κ1) is 14.6. The minimum Gasteiger partial charge on any atom is -0.330 e. The second-order valence-corrected chi connectivity index (χ2v) is 4.68. The zero-order valence-corrected chi connectivity index (χ0v) is 12.0. The Hall–Kier alpha value is -1.81. The summed E-state index contributed by atoms with van der Waals surface area (Å²) < 4.78 is 13.3. The van der Waals surface area contributed by atoms with Crippen LogP contribution >= 0.6 is 0 Å². The lowest BCUT2D eigenvalue weighted by Gasteiger charge is -2.13. The van der Waals surface area contributed by atoms with E-state index in [0.29, 0.717) is 17.9 Å². The summed E-state index contributed by atoms with van der Waals surface area (Å²) >= 11 is 0. The molecule has 0 amide bonds. The van der Waals surface area contributed by atoms with Gasteiger partial charge in [-0.05, 0) is 43.5 Å². The quantitative estimate of drug-likeness (QED) is 0.911. The molecule has 0 aliphatic rings. The molecule has 0 aliphatic carbocycles. The molecule has 0 unspecified atom stereocenters. The van der Waals surface area contributed by atoms with Crippen LogP contribution in [0.1, 0.15) is 30.8 Å². The van der Waals surface area contributed by atoms with E-state index in [0.717, 1.165) is 36.2 Å². The Morgan fingerprint density at radius 1 is 1.10 bits per heavy atom. The molecule has 0 fully saturated rings. The van der Waals surface area contributed by atoms with E-state index in [1.807, 2.05) is 6.07 Å². The average Bonchev–Trinajstić information content (AvgIpc) is 2.47. The van der Waals surface area contributed by atoms with E-state index in [9.17, 15) is 4.39 Å². The highest BCUT2D eigenvalue weighted by Crippen LogP contribution is 2.21. The molecule has 0 radical (unpaired) electrons. The van der Waals surface area contributed by atoms with E-state index >= 15 is 0 Å². The molecule has 20 heavy (non-hydrogen) atoms. The second kappa shape index (κ2) is 6.57. The van der Waals surface area contributed by atoms with Crippen molar-refractivity contribution in [3.8, 4) is 11.4 Å². The Labute approximate surface area is 119 Å². The SMILES string of the molecule is CCc1nc(-c2cccc(F)c2)nc(CC)c1CCN. The lowest BCUT2D eigenvalue weighted by molar-refractivity contribution is 0.628. The van der Waals surface area contributed by atoms with Crippen molar-refractivity contribution in [2.75, 3.05) is 6.54 Å². The molecular formula is C16H20FN3. The van der Waals surface area contributed by atoms with E-state index in [1.54, 1.807) is 6.07 Å². The monoisotopic (exact) mass is 273 g/mol. The Bertz CT molecular complexity index is 571. The number of hydrogen-bond donors (Lipinski definition) is 1. The van der Waals surface area contributed by atoms with Crippen molar-refractivity contribution in [1.82, 2.24) is 9.97 Å². The van der Waals surface area contributed by atoms with Crippen molar-refractivity contribution in [1.29, 1.82) is 0 Å². The topological polar surface area (TPSA) is 51.8 Å². The van der Waals surface area contributed by atoms with Crippen LogP contribution in [0.5, 0.6) is 0 Å². The third-order valence-corrected chi connectivity index (χ3v) is 3.33. The highest BCUT2D eigenvalue weighted by molar-refractivity contribution is 5.56. The summed E-state index contributed by atoms with van der Waals surface area (Å²) in [5, 5.41) is 0. The van der Waals surface area contributed by atoms with Crippen molar-refractivity contribution >= 4 is 0 Å². The average molecular weight is 273 g/mol. The molecule has 2 rings (SSSR count). The van der Waals surface area contributed by atoms with Gasteiger partial charge in [0, 0.05) is 17.0 Å². The van der Waals surface area contributed by atoms with Gasteiger partial charge in [0.1, 0.15) is 5.82 Å². The number of benzene rings is 1. The van der Waals surface area contributed by atoms with Crippen molar-refractivity contribution in [2.45, 2.75) is 33.1 Å². The summed E-state index contributed by atoms with van der Waals surface area (Å²) in [7, 11) is 0. The molecule has 0 spiro atoms. The number of aryl methyl sites for hydroxylation is 2. The van der Waals surface area contributed by atoms with E-state index in [4.69, 9.17) is 5.73 Å². The van der Waals surface area contributed by atoms with E-state index in [-0.39, 0.29) is 5.82 Å². The van der Waals surface area contributed by atoms with Crippen LogP contribution in [0.3, 0.4) is 0 Å². The highest BCUT2D eigenvalue weighted by atomic mass is 19.1. The van der Waals surface area contributed by atoms with Gasteiger partial charge in [-0.1, -0.05) is 26.0 Å². The van der Waals surface area contributed by atoms with Gasteiger partial charge in [0.25, 0.3) is 0 Å². The highest BCUT2D eigenvalue weighted by Gasteiger charge is 2.13. The van der Waals surface area contributed by atoms with Crippen LogP contribution < -0.4 is 5.73 Å². The van der Waals surface area contributed by atoms with Crippen LogP contribution in [0.25, 0.3) is 11.4 Å². The number of nitrogens with two attached hydrogens (primary N) is 1. The Kier molecular flexibility index (Phi) is 4.79. The van der Waals surface area contributed by atoms with Gasteiger partial charge in [0.05, 0.1) is 0 Å². The summed E-state index contributed by atoms with van der Waals surface area (Å²) in [5.74, 6) is 0.326. The van der Waals surface area contributed by atoms with Crippen LogP contribution in [0.2, 0.25) is 0 Å². The fourth-order valence-corrected chi connectivity index (χ4v) is 2.36. The van der Waals surface area contributed by atoms with E-state index < -0.39 is 0 Å². The number of rotatable bonds is 5. The van der Waals surface area contributed by atoms with Crippen LogP contribution in [-0.4, -0.2) is 16.5 Å². The summed E-state index contributed by atoms with van der Waals surface area (Å²) in [6.45, 7) is 4.72. The molecule has 0 bridgehead atoms. The molecule has 4 heteroatoms. The largest absolute Gasteiger partial charge is 0.330 e. The van der Waals surface area contributed by atoms with Crippen LogP contribution in [0, 0.1) is 5.82 Å². The second-order valence-electron chi connectivity index (χ2n) is 4.68. The van der Waals surface area contributed by atoms with Gasteiger partial charge in [-0.25, -0.2) is 14.4 Å². The minimum absolute atomic E-state index is 0.270. The predicted molar refractivity (Wildman–Crippen MR) is 78.9 cm³/mol. The fraction of sp³-hybridized carbons (Fsp3) is 0.375. The standard InChI is InChI=1S/C16H20FN3/c1-3-14-13(8-9-18)15(4-2)20-16(19-14)11-6-5-7-12(17)10-11/h5-7,10H,3-4,8-9,18H2,1-2H3. The van der Waals surface area contributed by atoms with Crippen molar-refractivity contribution in [3.63, 3.8) is 0 Å². The predicted octanol–water partition coefficient (Wildman–Crippen LogP) is 2.91. The maximum absolute atomic E-state index is 13.3. The summed E-state index contributed by atoms with van der Waals surface area (Å²) in [6.07, 6.45) is 2.44. The van der Waals surface area contributed by atoms with Gasteiger partial charge >= 0.3 is 0 Å². The summed E-state index contributed by atoms with van der Waals surface area (Å²) in [6, 6.07) is 6.41. The van der Waals surface area contributed by atoms with Gasteiger partial charge in [0.15, 0.2) is 5.82 Å². The minimum atomic E-state index is -0.270. The van der Waals surface area contributed by atoms with Crippen LogP contribution in [0.4, 0.5) is 4.39 Å². The third kappa shape index (κ3) is 3.02. The molecule has 2 aromatic rings. The maximum atomic E-state index is 13.3. The first-order chi connectivity index (χ1) is 9.69. The van der Waals surface area contributed by atoms with Crippen LogP contribution in [0.15, 0.2) is 24.3 Å². The number of aromatic nitrogens is 2. The number of halogens is 1. The lowest BCUT2D eigenvalue weighted by Crippen LogP contribution is -2.12. The molecule has 0 aliphatic heterocycles. The van der Waals surface area contributed by atoms with Crippen molar-refractivity contribution < 1.29 is 4.39 Å². The van der Waals surface area contributed by atoms with Gasteiger partial charge in [-0.2, -0.15) is 0 Å². The van der Waals surface area contributed by atoms with Gasteiger partial charge in [-0.3, -0.25) is 0 Å². The van der Waals surface area contributed by atoms with Gasteiger partial charge < -0.3 is 5.73 Å². The zero-order valence-electron chi connectivity index (χ0n) is 12.0. The number of hydrogen-bond acceptors (Lipinski definition) is 3.